The number of hydrogen-bond acceptors (Lipinski definition) is 3. The van der Waals surface area contributed by atoms with Crippen molar-refractivity contribution in [1.82, 2.24) is 0 Å². The Kier molecular flexibility index (Phi) is 2.70. The lowest BCUT2D eigenvalue weighted by Gasteiger charge is -2.11. The van der Waals surface area contributed by atoms with Gasteiger partial charge in [-0.25, -0.2) is 0 Å². The fourth-order valence-corrected chi connectivity index (χ4v) is 2.65. The molecule has 2 nitrogen and oxygen atoms in total. The lowest BCUT2D eigenvalue weighted by atomic mass is 10.1. The van der Waals surface area contributed by atoms with E-state index in [9.17, 15) is 5.11 Å². The van der Waals surface area contributed by atoms with Crippen molar-refractivity contribution >= 4 is 11.8 Å². The molecule has 3 N–H and O–H groups in total. The smallest absolute Gasteiger partial charge is 0.116 e. The van der Waals surface area contributed by atoms with Crippen LogP contribution in [0.1, 0.15) is 12.8 Å². The number of phenolic OH excluding ortho intramolecular Hbond substituents is 1. The molecule has 0 bridgehead atoms. The Bertz CT molecular complexity index is 323. The van der Waals surface area contributed by atoms with Gasteiger partial charge in [0.2, 0.25) is 0 Å². The van der Waals surface area contributed by atoms with Gasteiger partial charge in [-0.15, -0.1) is 11.8 Å². The molecule has 0 saturated heterocycles. The summed E-state index contributed by atoms with van der Waals surface area (Å²) >= 11 is 1.79. The highest BCUT2D eigenvalue weighted by atomic mass is 32.2. The molecule has 1 aliphatic carbocycles. The fraction of sp³-hybridized carbons (Fsp3) is 0.455. The average Bonchev–Trinajstić information content (AvgIpc) is 2.96. The van der Waals surface area contributed by atoms with Crippen LogP contribution in [0.25, 0.3) is 0 Å². The van der Waals surface area contributed by atoms with Crippen molar-refractivity contribution in [3.8, 4) is 5.75 Å². The highest BCUT2D eigenvalue weighted by molar-refractivity contribution is 7.99. The van der Waals surface area contributed by atoms with Crippen LogP contribution < -0.4 is 5.73 Å². The first kappa shape index (κ1) is 9.87. The third-order valence-corrected chi connectivity index (χ3v) is 4.10. The number of rotatable bonds is 4. The van der Waals surface area contributed by atoms with Gasteiger partial charge in [0.15, 0.2) is 0 Å². The minimum absolute atomic E-state index is 0.340. The predicted octanol–water partition coefficient (Wildman–Crippen LogP) is 2.22. The van der Waals surface area contributed by atoms with E-state index in [0.29, 0.717) is 11.2 Å². The quantitative estimate of drug-likeness (QED) is 0.747. The Morgan fingerprint density at radius 2 is 2.21 bits per heavy atom. The first-order chi connectivity index (χ1) is 6.74. The summed E-state index contributed by atoms with van der Waals surface area (Å²) in [5.41, 5.74) is 6.10. The molecule has 76 valence electrons. The molecule has 0 unspecified atom stereocenters. The molecule has 1 fully saturated rings. The molecule has 0 spiro atoms. The van der Waals surface area contributed by atoms with Crippen molar-refractivity contribution in [3.63, 3.8) is 0 Å². The summed E-state index contributed by atoms with van der Waals surface area (Å²) in [6.45, 7) is 0.790. The topological polar surface area (TPSA) is 46.2 Å². The molecule has 0 radical (unpaired) electrons. The van der Waals surface area contributed by atoms with Gasteiger partial charge in [0.25, 0.3) is 0 Å². The standard InChI is InChI=1S/C11H15NOS/c12-7-11(4-5-11)8-14-10-3-1-2-9(13)6-10/h1-3,6,13H,4-5,7-8,12H2. The Hall–Kier alpha value is -0.670. The van der Waals surface area contributed by atoms with Crippen LogP contribution in [0, 0.1) is 5.41 Å². The molecular weight excluding hydrogens is 194 g/mol. The van der Waals surface area contributed by atoms with Crippen molar-refractivity contribution in [3.05, 3.63) is 24.3 Å². The summed E-state index contributed by atoms with van der Waals surface area (Å²) in [5.74, 6) is 1.42. The monoisotopic (exact) mass is 209 g/mol. The van der Waals surface area contributed by atoms with Gasteiger partial charge in [-0.05, 0) is 43.0 Å². The van der Waals surface area contributed by atoms with Crippen molar-refractivity contribution in [1.29, 1.82) is 0 Å². The molecule has 2 rings (SSSR count). The van der Waals surface area contributed by atoms with E-state index in [0.717, 1.165) is 17.2 Å². The average molecular weight is 209 g/mol. The summed E-state index contributed by atoms with van der Waals surface area (Å²) in [5, 5.41) is 9.28. The summed E-state index contributed by atoms with van der Waals surface area (Å²) in [4.78, 5) is 1.13. The van der Waals surface area contributed by atoms with E-state index in [1.165, 1.54) is 12.8 Å². The minimum Gasteiger partial charge on any atom is -0.508 e. The molecule has 0 heterocycles. The summed E-state index contributed by atoms with van der Waals surface area (Å²) in [6, 6.07) is 7.40. The van der Waals surface area contributed by atoms with Crippen LogP contribution in [0.4, 0.5) is 0 Å². The van der Waals surface area contributed by atoms with E-state index in [2.05, 4.69) is 0 Å². The minimum atomic E-state index is 0.340. The molecule has 3 heteroatoms. The van der Waals surface area contributed by atoms with E-state index < -0.39 is 0 Å². The molecular formula is C11H15NOS. The van der Waals surface area contributed by atoms with Gasteiger partial charge >= 0.3 is 0 Å². The zero-order chi connectivity index (χ0) is 10.0. The highest BCUT2D eigenvalue weighted by Gasteiger charge is 2.40. The maximum Gasteiger partial charge on any atom is 0.116 e. The molecule has 0 aliphatic heterocycles. The Labute approximate surface area is 88.5 Å². The molecule has 1 aliphatic rings. The second kappa shape index (κ2) is 3.83. The molecule has 14 heavy (non-hydrogen) atoms. The van der Waals surface area contributed by atoms with Gasteiger partial charge in [-0.3, -0.25) is 0 Å². The van der Waals surface area contributed by atoms with Crippen LogP contribution in [0.3, 0.4) is 0 Å². The number of hydrogen-bond donors (Lipinski definition) is 2. The lowest BCUT2D eigenvalue weighted by molar-refractivity contribution is 0.474. The molecule has 1 aromatic rings. The van der Waals surface area contributed by atoms with E-state index in [1.807, 2.05) is 12.1 Å². The van der Waals surface area contributed by atoms with Crippen LogP contribution >= 0.6 is 11.8 Å². The number of nitrogens with two attached hydrogens (primary N) is 1. The summed E-state index contributed by atoms with van der Waals surface area (Å²) in [6.07, 6.45) is 2.52. The van der Waals surface area contributed by atoms with E-state index >= 15 is 0 Å². The van der Waals surface area contributed by atoms with Crippen molar-refractivity contribution < 1.29 is 5.11 Å². The van der Waals surface area contributed by atoms with Gasteiger partial charge in [0.05, 0.1) is 0 Å². The second-order valence-corrected chi connectivity index (χ2v) is 5.04. The number of benzene rings is 1. The van der Waals surface area contributed by atoms with Gasteiger partial charge in [0.1, 0.15) is 5.75 Å². The van der Waals surface area contributed by atoms with Crippen molar-refractivity contribution in [2.75, 3.05) is 12.3 Å². The summed E-state index contributed by atoms with van der Waals surface area (Å²) < 4.78 is 0. The van der Waals surface area contributed by atoms with Crippen LogP contribution in [-0.2, 0) is 0 Å². The van der Waals surface area contributed by atoms with Crippen molar-refractivity contribution in [2.24, 2.45) is 11.1 Å². The molecule has 0 atom stereocenters. The molecule has 0 amide bonds. The summed E-state index contributed by atoms with van der Waals surface area (Å²) in [7, 11) is 0. The van der Waals surface area contributed by atoms with E-state index in [1.54, 1.807) is 23.9 Å². The molecule has 0 aromatic heterocycles. The Morgan fingerprint density at radius 1 is 1.43 bits per heavy atom. The van der Waals surface area contributed by atoms with E-state index in [4.69, 9.17) is 5.73 Å². The number of thioether (sulfide) groups is 1. The number of aromatic hydroxyl groups is 1. The maximum absolute atomic E-state index is 9.28. The number of phenols is 1. The van der Waals surface area contributed by atoms with Crippen molar-refractivity contribution in [2.45, 2.75) is 17.7 Å². The van der Waals surface area contributed by atoms with Gasteiger partial charge in [-0.2, -0.15) is 0 Å². The van der Waals surface area contributed by atoms with Gasteiger partial charge < -0.3 is 10.8 Å². The van der Waals surface area contributed by atoms with Crippen LogP contribution in [0.15, 0.2) is 29.2 Å². The van der Waals surface area contributed by atoms with Crippen LogP contribution in [0.5, 0.6) is 5.75 Å². The Morgan fingerprint density at radius 3 is 2.79 bits per heavy atom. The predicted molar refractivity (Wildman–Crippen MR) is 59.6 cm³/mol. The normalized spacial score (nSPS) is 18.1. The first-order valence-electron chi connectivity index (χ1n) is 4.86. The molecule has 1 saturated carbocycles. The Balaban J connectivity index is 1.92. The van der Waals surface area contributed by atoms with Gasteiger partial charge in [0, 0.05) is 10.6 Å². The largest absolute Gasteiger partial charge is 0.508 e. The van der Waals surface area contributed by atoms with E-state index in [-0.39, 0.29) is 0 Å². The zero-order valence-corrected chi connectivity index (χ0v) is 8.89. The van der Waals surface area contributed by atoms with Crippen LogP contribution in [-0.4, -0.2) is 17.4 Å². The second-order valence-electron chi connectivity index (χ2n) is 3.99. The van der Waals surface area contributed by atoms with Gasteiger partial charge in [-0.1, -0.05) is 6.07 Å². The SMILES string of the molecule is NCC1(CSc2cccc(O)c2)CC1. The van der Waals surface area contributed by atoms with Crippen LogP contribution in [0.2, 0.25) is 0 Å². The maximum atomic E-state index is 9.28. The zero-order valence-electron chi connectivity index (χ0n) is 8.07. The highest BCUT2D eigenvalue weighted by Crippen LogP contribution is 2.48. The lowest BCUT2D eigenvalue weighted by Crippen LogP contribution is -2.17. The fourth-order valence-electron chi connectivity index (χ4n) is 1.39. The third kappa shape index (κ3) is 2.22. The first-order valence-corrected chi connectivity index (χ1v) is 5.85. The molecule has 1 aromatic carbocycles. The third-order valence-electron chi connectivity index (χ3n) is 2.75.